The Bertz CT molecular complexity index is 1410. The molecule has 1 saturated carbocycles. The van der Waals surface area contributed by atoms with Crippen LogP contribution in [0.2, 0.25) is 5.28 Å². The molecule has 3 fully saturated rings. The normalized spacial score (nSPS) is 27.4. The monoisotopic (exact) mass is 659 g/mol. The minimum atomic E-state index is -2.66. The van der Waals surface area contributed by atoms with Gasteiger partial charge in [-0.25, -0.2) is 9.48 Å². The summed E-state index contributed by atoms with van der Waals surface area (Å²) in [6.07, 6.45) is 2.39. The summed E-state index contributed by atoms with van der Waals surface area (Å²) >= 11 is 10.9. The Labute approximate surface area is 263 Å². The van der Waals surface area contributed by atoms with Crippen LogP contribution in [0.5, 0.6) is 0 Å². The molecule has 12 nitrogen and oxygen atoms in total. The summed E-state index contributed by atoms with van der Waals surface area (Å²) in [7, 11) is -2.66. The Hall–Kier alpha value is -1.47. The number of nitrogens with zero attached hydrogens (tertiary/aromatic N) is 5. The molecule has 5 rings (SSSR count). The van der Waals surface area contributed by atoms with E-state index in [1.165, 1.54) is 0 Å². The van der Waals surface area contributed by atoms with Crippen molar-refractivity contribution in [1.82, 2.24) is 19.7 Å². The van der Waals surface area contributed by atoms with Crippen LogP contribution >= 0.6 is 31.4 Å². The number of carbonyl (C=O) groups is 1. The molecule has 1 aliphatic carbocycles. The van der Waals surface area contributed by atoms with Gasteiger partial charge < -0.3 is 28.2 Å². The quantitative estimate of drug-likeness (QED) is 0.209. The average Bonchev–Trinajstić information content (AvgIpc) is 3.65. The number of hydrogen-bond acceptors (Lipinski definition) is 11. The molecule has 2 aromatic heterocycles. The van der Waals surface area contributed by atoms with E-state index >= 15 is 0 Å². The maximum absolute atomic E-state index is 13.5. The number of ether oxygens (including phenoxy) is 5. The first-order valence-corrected chi connectivity index (χ1v) is 18.3. The molecular formula is C28H43ClN5O7PS. The van der Waals surface area contributed by atoms with Crippen molar-refractivity contribution in [2.45, 2.75) is 115 Å². The minimum absolute atomic E-state index is 0.0413. The predicted molar refractivity (Wildman–Crippen MR) is 167 cm³/mol. The standard InChI is InChI=1S/C28H43ClN5O7PS/c1-26(2,3)41-25(35)33(16-11-9-10-12-16)21-17-13-30-34(22(17)32-24(29)31-21)23-20-19(39-27(4,5)40-20)18(38-23)14-37-28(6,15-43)42(7,8)36/h13,16,18-20,23,43H,9-12,14-15H2,1-8H3/t18-,19-,20-,23-,28?/m1/s1. The van der Waals surface area contributed by atoms with Crippen molar-refractivity contribution in [2.75, 3.05) is 30.6 Å². The van der Waals surface area contributed by atoms with Crippen LogP contribution in [-0.4, -0.2) is 92.6 Å². The number of rotatable bonds is 8. The highest BCUT2D eigenvalue weighted by Crippen LogP contribution is 2.53. The second kappa shape index (κ2) is 11.7. The fraction of sp³-hybridized carbons (Fsp3) is 0.786. The lowest BCUT2D eigenvalue weighted by molar-refractivity contribution is -0.204. The third-order valence-corrected chi connectivity index (χ3v) is 11.9. The summed E-state index contributed by atoms with van der Waals surface area (Å²) in [4.78, 5) is 24.2. The van der Waals surface area contributed by atoms with Crippen molar-refractivity contribution >= 4 is 54.3 Å². The maximum Gasteiger partial charge on any atom is 0.416 e. The van der Waals surface area contributed by atoms with Gasteiger partial charge in [0.1, 0.15) is 36.4 Å². The molecule has 240 valence electrons. The van der Waals surface area contributed by atoms with Gasteiger partial charge in [-0.15, -0.1) is 0 Å². The molecule has 0 bridgehead atoms. The minimum Gasteiger partial charge on any atom is -0.443 e. The summed E-state index contributed by atoms with van der Waals surface area (Å²) in [5.41, 5.74) is -0.316. The van der Waals surface area contributed by atoms with Gasteiger partial charge in [0, 0.05) is 11.8 Å². The van der Waals surface area contributed by atoms with Gasteiger partial charge in [0.15, 0.2) is 23.5 Å². The number of fused-ring (bicyclic) bond motifs is 2. The number of aromatic nitrogens is 4. The molecule has 2 aliphatic heterocycles. The summed E-state index contributed by atoms with van der Waals surface area (Å²) in [5, 5.41) is 4.19. The molecule has 1 amide bonds. The number of anilines is 1. The Morgan fingerprint density at radius 3 is 2.44 bits per heavy atom. The van der Waals surface area contributed by atoms with Gasteiger partial charge in [-0.05, 0) is 79.3 Å². The fourth-order valence-electron chi connectivity index (χ4n) is 5.76. The topological polar surface area (TPSA) is 127 Å². The summed E-state index contributed by atoms with van der Waals surface area (Å²) < 4.78 is 45.6. The summed E-state index contributed by atoms with van der Waals surface area (Å²) in [5.74, 6) is -0.266. The van der Waals surface area contributed by atoms with Gasteiger partial charge in [-0.3, -0.25) is 4.90 Å². The number of halogens is 1. The van der Waals surface area contributed by atoms with Gasteiger partial charge in [0.2, 0.25) is 5.28 Å². The van der Waals surface area contributed by atoms with E-state index in [0.29, 0.717) is 16.9 Å². The van der Waals surface area contributed by atoms with Crippen LogP contribution in [-0.2, 0) is 28.2 Å². The number of carbonyl (C=O) groups excluding carboxylic acids is 1. The van der Waals surface area contributed by atoms with Gasteiger partial charge in [-0.1, -0.05) is 12.8 Å². The van der Waals surface area contributed by atoms with E-state index in [4.69, 9.17) is 35.3 Å². The zero-order valence-corrected chi connectivity index (χ0v) is 28.6. The zero-order chi connectivity index (χ0) is 31.5. The lowest BCUT2D eigenvalue weighted by atomic mass is 10.1. The molecule has 15 heteroatoms. The van der Waals surface area contributed by atoms with Crippen molar-refractivity contribution in [2.24, 2.45) is 0 Å². The Morgan fingerprint density at radius 1 is 1.19 bits per heavy atom. The molecule has 43 heavy (non-hydrogen) atoms. The van der Waals surface area contributed by atoms with E-state index < -0.39 is 54.5 Å². The van der Waals surface area contributed by atoms with Crippen molar-refractivity contribution in [3.8, 4) is 0 Å². The molecule has 2 aromatic rings. The van der Waals surface area contributed by atoms with Crippen LogP contribution in [0.25, 0.3) is 11.0 Å². The molecule has 0 radical (unpaired) electrons. The van der Waals surface area contributed by atoms with Crippen LogP contribution in [0.15, 0.2) is 6.20 Å². The molecule has 0 aromatic carbocycles. The van der Waals surface area contributed by atoms with E-state index in [-0.39, 0.29) is 23.7 Å². The maximum atomic E-state index is 13.5. The molecule has 4 heterocycles. The predicted octanol–water partition coefficient (Wildman–Crippen LogP) is 5.87. The summed E-state index contributed by atoms with van der Waals surface area (Å²) in [6, 6.07) is -0.0948. The lowest BCUT2D eigenvalue weighted by Gasteiger charge is -2.34. The van der Waals surface area contributed by atoms with Gasteiger partial charge >= 0.3 is 6.09 Å². The molecule has 0 spiro atoms. The molecular weight excluding hydrogens is 617 g/mol. The lowest BCUT2D eigenvalue weighted by Crippen LogP contribution is -2.43. The number of hydrogen-bond donors (Lipinski definition) is 1. The van der Waals surface area contributed by atoms with Gasteiger partial charge in [0.25, 0.3) is 0 Å². The van der Waals surface area contributed by atoms with Crippen molar-refractivity contribution in [3.63, 3.8) is 0 Å². The van der Waals surface area contributed by atoms with Crippen molar-refractivity contribution < 1.29 is 33.0 Å². The Kier molecular flexibility index (Phi) is 8.97. The first-order chi connectivity index (χ1) is 19.9. The summed E-state index contributed by atoms with van der Waals surface area (Å²) in [6.45, 7) is 14.4. The first kappa shape index (κ1) is 32.9. The van der Waals surface area contributed by atoms with Crippen LogP contribution < -0.4 is 4.90 Å². The SMILES string of the molecule is CC(C)(C)OC(=O)N(c1nc(Cl)nc2c1cnn2[C@@H]1O[C@H](COC(C)(CS)P(C)(C)=O)[C@H]2OC(C)(C)O[C@H]21)C1CCCC1. The van der Waals surface area contributed by atoms with Gasteiger partial charge in [0.05, 0.1) is 18.2 Å². The molecule has 3 aliphatic rings. The highest BCUT2D eigenvalue weighted by atomic mass is 35.5. The highest BCUT2D eigenvalue weighted by Gasteiger charge is 2.57. The Morgan fingerprint density at radius 2 is 1.84 bits per heavy atom. The number of thiol groups is 1. The largest absolute Gasteiger partial charge is 0.443 e. The van der Waals surface area contributed by atoms with E-state index in [1.807, 2.05) is 34.6 Å². The number of amides is 1. The van der Waals surface area contributed by atoms with Crippen LogP contribution in [0, 0.1) is 0 Å². The van der Waals surface area contributed by atoms with E-state index in [2.05, 4.69) is 27.7 Å². The molecule has 5 atom stereocenters. The van der Waals surface area contributed by atoms with E-state index in [9.17, 15) is 9.36 Å². The second-order valence-corrected chi connectivity index (χ2v) is 17.9. The van der Waals surface area contributed by atoms with Crippen LogP contribution in [0.4, 0.5) is 10.6 Å². The second-order valence-electron chi connectivity index (χ2n) is 13.6. The molecule has 0 N–H and O–H groups in total. The molecule has 1 unspecified atom stereocenters. The first-order valence-electron chi connectivity index (χ1n) is 14.7. The third kappa shape index (κ3) is 6.59. The zero-order valence-electron chi connectivity index (χ0n) is 26.1. The highest BCUT2D eigenvalue weighted by molar-refractivity contribution is 7.81. The Balaban J connectivity index is 1.51. The van der Waals surface area contributed by atoms with Crippen molar-refractivity contribution in [3.05, 3.63) is 11.5 Å². The van der Waals surface area contributed by atoms with Gasteiger partial charge in [-0.2, -0.15) is 27.7 Å². The van der Waals surface area contributed by atoms with E-state index in [1.54, 1.807) is 36.0 Å². The third-order valence-electron chi connectivity index (χ3n) is 8.27. The smallest absolute Gasteiger partial charge is 0.416 e. The molecule has 2 saturated heterocycles. The van der Waals surface area contributed by atoms with Crippen LogP contribution in [0.3, 0.4) is 0 Å². The van der Waals surface area contributed by atoms with Crippen LogP contribution in [0.1, 0.15) is 73.5 Å². The fourth-order valence-corrected chi connectivity index (χ4v) is 7.76. The van der Waals surface area contributed by atoms with Crippen molar-refractivity contribution in [1.29, 1.82) is 0 Å². The average molecular weight is 660 g/mol. The van der Waals surface area contributed by atoms with E-state index in [0.717, 1.165) is 25.7 Å².